The topological polar surface area (TPSA) is 99.6 Å². The van der Waals surface area contributed by atoms with Crippen molar-refractivity contribution in [1.82, 2.24) is 15.2 Å². The van der Waals surface area contributed by atoms with Crippen LogP contribution in [0.25, 0.3) is 0 Å². The van der Waals surface area contributed by atoms with Crippen LogP contribution >= 0.6 is 0 Å². The first-order chi connectivity index (χ1) is 9.49. The molecule has 20 heavy (non-hydrogen) atoms. The van der Waals surface area contributed by atoms with Crippen molar-refractivity contribution in [3.63, 3.8) is 0 Å². The average Bonchev–Trinajstić information content (AvgIpc) is 2.62. The van der Waals surface area contributed by atoms with Crippen LogP contribution in [0.3, 0.4) is 0 Å². The van der Waals surface area contributed by atoms with Crippen molar-refractivity contribution in [3.8, 4) is 0 Å². The van der Waals surface area contributed by atoms with Crippen LogP contribution in [-0.4, -0.2) is 52.4 Å². The molecular formula is C13H15N3O4. The van der Waals surface area contributed by atoms with Crippen molar-refractivity contribution in [2.45, 2.75) is 13.3 Å². The predicted octanol–water partition coefficient (Wildman–Crippen LogP) is 0.0503. The number of nitrogens with zero attached hydrogens (tertiary/aromatic N) is 2. The summed E-state index contributed by atoms with van der Waals surface area (Å²) in [6.45, 7) is 2.72. The lowest BCUT2D eigenvalue weighted by Crippen LogP contribution is -2.34. The summed E-state index contributed by atoms with van der Waals surface area (Å²) in [6, 6.07) is 2.78. The molecule has 0 spiro atoms. The number of carbonyl (C=O) groups excluding carboxylic acids is 2. The lowest BCUT2D eigenvalue weighted by Gasteiger charge is -2.19. The third-order valence-electron chi connectivity index (χ3n) is 3.14. The molecular weight excluding hydrogens is 262 g/mol. The van der Waals surface area contributed by atoms with E-state index in [4.69, 9.17) is 5.11 Å². The second kappa shape index (κ2) is 5.68. The molecule has 0 radical (unpaired) electrons. The number of aryl methyl sites for hydroxylation is 1. The van der Waals surface area contributed by atoms with Gasteiger partial charge in [0.1, 0.15) is 5.69 Å². The summed E-state index contributed by atoms with van der Waals surface area (Å²) in [5.74, 6) is -1.44. The SMILES string of the molecule is Cc1nc(C(=O)N2CCNC(=O)CC2)ccc1C(=O)O. The van der Waals surface area contributed by atoms with Gasteiger partial charge in [-0.1, -0.05) is 0 Å². The van der Waals surface area contributed by atoms with Gasteiger partial charge in [0.2, 0.25) is 5.91 Å². The Hall–Kier alpha value is -2.44. The van der Waals surface area contributed by atoms with Crippen molar-refractivity contribution >= 4 is 17.8 Å². The maximum Gasteiger partial charge on any atom is 0.337 e. The summed E-state index contributed by atoms with van der Waals surface area (Å²) in [7, 11) is 0. The molecule has 0 aliphatic carbocycles. The van der Waals surface area contributed by atoms with Crippen molar-refractivity contribution in [2.24, 2.45) is 0 Å². The molecule has 0 unspecified atom stereocenters. The third kappa shape index (κ3) is 2.93. The first-order valence-electron chi connectivity index (χ1n) is 6.26. The fourth-order valence-electron chi connectivity index (χ4n) is 2.04. The lowest BCUT2D eigenvalue weighted by molar-refractivity contribution is -0.120. The zero-order valence-corrected chi connectivity index (χ0v) is 11.0. The van der Waals surface area contributed by atoms with Gasteiger partial charge in [0.15, 0.2) is 0 Å². The van der Waals surface area contributed by atoms with Crippen LogP contribution in [0.2, 0.25) is 0 Å². The van der Waals surface area contributed by atoms with Gasteiger partial charge in [-0.25, -0.2) is 9.78 Å². The fraction of sp³-hybridized carbons (Fsp3) is 0.385. The quantitative estimate of drug-likeness (QED) is 0.795. The Morgan fingerprint density at radius 3 is 2.75 bits per heavy atom. The van der Waals surface area contributed by atoms with Crippen molar-refractivity contribution in [2.75, 3.05) is 19.6 Å². The highest BCUT2D eigenvalue weighted by atomic mass is 16.4. The highest BCUT2D eigenvalue weighted by molar-refractivity contribution is 5.94. The fourth-order valence-corrected chi connectivity index (χ4v) is 2.04. The van der Waals surface area contributed by atoms with Gasteiger partial charge in [-0.15, -0.1) is 0 Å². The van der Waals surface area contributed by atoms with E-state index >= 15 is 0 Å². The number of aromatic nitrogens is 1. The van der Waals surface area contributed by atoms with Gasteiger partial charge in [0, 0.05) is 26.1 Å². The Morgan fingerprint density at radius 1 is 1.35 bits per heavy atom. The van der Waals surface area contributed by atoms with Gasteiger partial charge in [-0.05, 0) is 19.1 Å². The number of nitrogens with one attached hydrogen (secondary N) is 1. The van der Waals surface area contributed by atoms with Gasteiger partial charge in [-0.2, -0.15) is 0 Å². The van der Waals surface area contributed by atoms with Crippen molar-refractivity contribution in [3.05, 3.63) is 29.1 Å². The van der Waals surface area contributed by atoms with Crippen molar-refractivity contribution in [1.29, 1.82) is 0 Å². The summed E-state index contributed by atoms with van der Waals surface area (Å²) in [6.07, 6.45) is 0.262. The Morgan fingerprint density at radius 2 is 2.10 bits per heavy atom. The molecule has 0 bridgehead atoms. The zero-order valence-electron chi connectivity index (χ0n) is 11.0. The number of amides is 2. The number of aromatic carboxylic acids is 1. The van der Waals surface area contributed by atoms with Crippen LogP contribution in [0.4, 0.5) is 0 Å². The van der Waals surface area contributed by atoms with E-state index in [0.29, 0.717) is 25.3 Å². The molecule has 7 nitrogen and oxygen atoms in total. The largest absolute Gasteiger partial charge is 0.478 e. The average molecular weight is 277 g/mol. The standard InChI is InChI=1S/C13H15N3O4/c1-8-9(13(19)20)2-3-10(15-8)12(18)16-6-4-11(17)14-5-7-16/h2-3H,4-7H2,1H3,(H,14,17)(H,19,20). The molecule has 2 rings (SSSR count). The highest BCUT2D eigenvalue weighted by Crippen LogP contribution is 2.10. The first kappa shape index (κ1) is 14.0. The summed E-state index contributed by atoms with van der Waals surface area (Å²) < 4.78 is 0. The molecule has 2 heterocycles. The normalized spacial score (nSPS) is 15.4. The van der Waals surface area contributed by atoms with E-state index in [-0.39, 0.29) is 29.5 Å². The van der Waals surface area contributed by atoms with E-state index in [9.17, 15) is 14.4 Å². The Labute approximate surface area is 115 Å². The first-order valence-corrected chi connectivity index (χ1v) is 6.26. The van der Waals surface area contributed by atoms with Crippen LogP contribution in [0, 0.1) is 6.92 Å². The molecule has 0 atom stereocenters. The molecule has 1 aromatic heterocycles. The maximum absolute atomic E-state index is 12.3. The molecule has 106 valence electrons. The van der Waals surface area contributed by atoms with E-state index in [0.717, 1.165) is 0 Å². The van der Waals surface area contributed by atoms with Crippen LogP contribution < -0.4 is 5.32 Å². The van der Waals surface area contributed by atoms with Crippen LogP contribution in [0.5, 0.6) is 0 Å². The Kier molecular flexibility index (Phi) is 3.97. The van der Waals surface area contributed by atoms with Crippen LogP contribution in [-0.2, 0) is 4.79 Å². The van der Waals surface area contributed by atoms with Gasteiger partial charge < -0.3 is 15.3 Å². The van der Waals surface area contributed by atoms with E-state index in [2.05, 4.69) is 10.3 Å². The molecule has 1 aliphatic rings. The van der Waals surface area contributed by atoms with Crippen LogP contribution in [0.1, 0.15) is 33.0 Å². The van der Waals surface area contributed by atoms with Gasteiger partial charge in [-0.3, -0.25) is 9.59 Å². The summed E-state index contributed by atoms with van der Waals surface area (Å²) in [5.41, 5.74) is 0.573. The van der Waals surface area contributed by atoms with E-state index in [1.807, 2.05) is 0 Å². The minimum absolute atomic E-state index is 0.0780. The molecule has 0 aromatic carbocycles. The number of carboxylic acids is 1. The molecule has 0 saturated carbocycles. The Bertz CT molecular complexity index is 571. The number of hydrogen-bond acceptors (Lipinski definition) is 4. The van der Waals surface area contributed by atoms with E-state index in [1.165, 1.54) is 12.1 Å². The van der Waals surface area contributed by atoms with E-state index in [1.54, 1.807) is 11.8 Å². The lowest BCUT2D eigenvalue weighted by atomic mass is 10.2. The second-order valence-corrected chi connectivity index (χ2v) is 4.53. The van der Waals surface area contributed by atoms with Crippen LogP contribution in [0.15, 0.2) is 12.1 Å². The highest BCUT2D eigenvalue weighted by Gasteiger charge is 2.21. The smallest absolute Gasteiger partial charge is 0.337 e. The number of hydrogen-bond donors (Lipinski definition) is 2. The summed E-state index contributed by atoms with van der Waals surface area (Å²) in [5, 5.41) is 11.6. The molecule has 2 N–H and O–H groups in total. The molecule has 2 amide bonds. The number of rotatable bonds is 2. The second-order valence-electron chi connectivity index (χ2n) is 4.53. The summed E-state index contributed by atoms with van der Waals surface area (Å²) in [4.78, 5) is 40.0. The molecule has 1 aromatic rings. The van der Waals surface area contributed by atoms with Gasteiger partial charge in [0.05, 0.1) is 11.3 Å². The molecule has 1 aliphatic heterocycles. The number of carbonyl (C=O) groups is 3. The minimum atomic E-state index is -1.07. The minimum Gasteiger partial charge on any atom is -0.478 e. The monoisotopic (exact) mass is 277 g/mol. The predicted molar refractivity (Wildman–Crippen MR) is 69.5 cm³/mol. The van der Waals surface area contributed by atoms with Gasteiger partial charge >= 0.3 is 5.97 Å². The number of pyridine rings is 1. The third-order valence-corrected chi connectivity index (χ3v) is 3.14. The van der Waals surface area contributed by atoms with E-state index < -0.39 is 5.97 Å². The molecule has 1 fully saturated rings. The zero-order chi connectivity index (χ0) is 14.7. The maximum atomic E-state index is 12.3. The molecule has 7 heteroatoms. The summed E-state index contributed by atoms with van der Waals surface area (Å²) >= 11 is 0. The van der Waals surface area contributed by atoms with Crippen molar-refractivity contribution < 1.29 is 19.5 Å². The van der Waals surface area contributed by atoms with Gasteiger partial charge in [0.25, 0.3) is 5.91 Å². The molecule has 1 saturated heterocycles. The Balaban J connectivity index is 2.18. The number of carboxylic acid groups (broad SMARTS) is 1.